The largest absolute Gasteiger partial charge is 0.493 e. The molecular formula is C38H41N3O6. The number of benzene rings is 4. The molecule has 0 fully saturated rings. The maximum atomic E-state index is 14.3. The van der Waals surface area contributed by atoms with E-state index in [1.807, 2.05) is 65.6 Å². The number of carbonyl (C=O) groups is 3. The zero-order chi connectivity index (χ0) is 33.2. The fraction of sp³-hybridized carbons (Fsp3) is 0.289. The van der Waals surface area contributed by atoms with Gasteiger partial charge in [0.15, 0.2) is 11.5 Å². The molecule has 0 bridgehead atoms. The lowest BCUT2D eigenvalue weighted by molar-refractivity contribution is -0.135. The first-order chi connectivity index (χ1) is 22.9. The lowest BCUT2D eigenvalue weighted by Gasteiger charge is -2.42. The Kier molecular flexibility index (Phi) is 11.1. The number of ether oxygens (including phenoxy) is 3. The number of hydrogen-bond donors (Lipinski definition) is 2. The molecule has 4 aromatic carbocycles. The SMILES string of the molecule is CCOC(=O)c1cccc(NC(=O)NCC(=O)N(Cc2ccccc2)C2c3cc(OC)c(OC)cc3CCC2Cc2ccccc2)c1. The van der Waals surface area contributed by atoms with Gasteiger partial charge in [-0.05, 0) is 84.7 Å². The van der Waals surface area contributed by atoms with Crippen LogP contribution < -0.4 is 20.1 Å². The molecule has 0 aliphatic heterocycles. The first-order valence-electron chi connectivity index (χ1n) is 15.8. The molecule has 0 spiro atoms. The Morgan fingerprint density at radius 2 is 1.51 bits per heavy atom. The number of fused-ring (bicyclic) bond motifs is 1. The number of nitrogens with one attached hydrogen (secondary N) is 2. The normalized spacial score (nSPS) is 15.1. The molecule has 9 heteroatoms. The molecule has 0 heterocycles. The summed E-state index contributed by atoms with van der Waals surface area (Å²) in [5.74, 6) is 0.657. The summed E-state index contributed by atoms with van der Waals surface area (Å²) < 4.78 is 16.4. The second-order valence-electron chi connectivity index (χ2n) is 11.5. The molecule has 47 heavy (non-hydrogen) atoms. The minimum atomic E-state index is -0.560. The summed E-state index contributed by atoms with van der Waals surface area (Å²) >= 11 is 0. The Hall–Kier alpha value is -5.31. The van der Waals surface area contributed by atoms with E-state index in [1.165, 1.54) is 11.6 Å². The molecule has 2 unspecified atom stereocenters. The number of nitrogens with zero attached hydrogens (tertiary/aromatic N) is 1. The van der Waals surface area contributed by atoms with E-state index in [-0.39, 0.29) is 31.0 Å². The molecule has 0 aromatic heterocycles. The molecular weight excluding hydrogens is 594 g/mol. The molecule has 9 nitrogen and oxygen atoms in total. The van der Waals surface area contributed by atoms with Crippen molar-refractivity contribution in [3.8, 4) is 11.5 Å². The molecule has 5 rings (SSSR count). The van der Waals surface area contributed by atoms with Crippen LogP contribution in [0.25, 0.3) is 0 Å². The fourth-order valence-electron chi connectivity index (χ4n) is 6.23. The highest BCUT2D eigenvalue weighted by Gasteiger charge is 2.37. The van der Waals surface area contributed by atoms with E-state index in [0.717, 1.165) is 36.0 Å². The van der Waals surface area contributed by atoms with Gasteiger partial charge in [0.2, 0.25) is 5.91 Å². The highest BCUT2D eigenvalue weighted by molar-refractivity contribution is 5.95. The molecule has 4 aromatic rings. The summed E-state index contributed by atoms with van der Waals surface area (Å²) in [6, 6.07) is 29.8. The van der Waals surface area contributed by atoms with Gasteiger partial charge < -0.3 is 29.7 Å². The summed E-state index contributed by atoms with van der Waals surface area (Å²) in [7, 11) is 3.24. The predicted octanol–water partition coefficient (Wildman–Crippen LogP) is 6.58. The number of methoxy groups -OCH3 is 2. The number of aryl methyl sites for hydroxylation is 1. The first-order valence-corrected chi connectivity index (χ1v) is 15.8. The van der Waals surface area contributed by atoms with Crippen LogP contribution in [0, 0.1) is 5.92 Å². The number of anilines is 1. The summed E-state index contributed by atoms with van der Waals surface area (Å²) in [6.45, 7) is 2.10. The van der Waals surface area contributed by atoms with Gasteiger partial charge in [0.1, 0.15) is 0 Å². The summed E-state index contributed by atoms with van der Waals surface area (Å²) in [5.41, 5.74) is 5.02. The maximum Gasteiger partial charge on any atom is 0.338 e. The van der Waals surface area contributed by atoms with Crippen LogP contribution in [0.4, 0.5) is 10.5 Å². The van der Waals surface area contributed by atoms with Crippen LogP contribution in [0.15, 0.2) is 97.1 Å². The topological polar surface area (TPSA) is 106 Å². The standard InChI is InChI=1S/C38H41N3O6/c1-4-47-37(43)30-16-11-17-31(21-30)40-38(44)39-24-35(42)41(25-27-14-9-6-10-15-27)36-29(20-26-12-7-5-8-13-26)19-18-28-22-33(45-2)34(46-3)23-32(28)36/h5-17,21-23,29,36H,4,18-20,24-25H2,1-3H3,(H2,39,40,44). The van der Waals surface area contributed by atoms with E-state index < -0.39 is 12.0 Å². The van der Waals surface area contributed by atoms with E-state index in [9.17, 15) is 14.4 Å². The Morgan fingerprint density at radius 3 is 2.19 bits per heavy atom. The van der Waals surface area contributed by atoms with Gasteiger partial charge in [-0.15, -0.1) is 0 Å². The van der Waals surface area contributed by atoms with Crippen molar-refractivity contribution < 1.29 is 28.6 Å². The lowest BCUT2D eigenvalue weighted by Crippen LogP contribution is -2.46. The monoisotopic (exact) mass is 635 g/mol. The van der Waals surface area contributed by atoms with Crippen molar-refractivity contribution in [2.24, 2.45) is 5.92 Å². The number of rotatable bonds is 12. The van der Waals surface area contributed by atoms with Crippen LogP contribution >= 0.6 is 0 Å². The van der Waals surface area contributed by atoms with E-state index >= 15 is 0 Å². The number of esters is 1. The van der Waals surface area contributed by atoms with Gasteiger partial charge in [-0.25, -0.2) is 9.59 Å². The van der Waals surface area contributed by atoms with E-state index in [1.54, 1.807) is 39.3 Å². The van der Waals surface area contributed by atoms with Crippen LogP contribution in [-0.2, 0) is 28.9 Å². The van der Waals surface area contributed by atoms with Crippen LogP contribution in [0.1, 0.15) is 52.0 Å². The Bertz CT molecular complexity index is 1680. The van der Waals surface area contributed by atoms with Crippen LogP contribution in [0.3, 0.4) is 0 Å². The summed E-state index contributed by atoms with van der Waals surface area (Å²) in [6.07, 6.45) is 2.48. The minimum Gasteiger partial charge on any atom is -0.493 e. The molecule has 244 valence electrons. The third kappa shape index (κ3) is 8.30. The quantitative estimate of drug-likeness (QED) is 0.171. The van der Waals surface area contributed by atoms with Crippen molar-refractivity contribution >= 4 is 23.6 Å². The number of carbonyl (C=O) groups excluding carboxylic acids is 3. The average molecular weight is 636 g/mol. The molecule has 1 aliphatic carbocycles. The maximum absolute atomic E-state index is 14.3. The van der Waals surface area contributed by atoms with Crippen molar-refractivity contribution in [3.05, 3.63) is 125 Å². The van der Waals surface area contributed by atoms with Gasteiger partial charge in [-0.3, -0.25) is 4.79 Å². The fourth-order valence-corrected chi connectivity index (χ4v) is 6.23. The van der Waals surface area contributed by atoms with Crippen LogP contribution in [-0.4, -0.2) is 50.2 Å². The van der Waals surface area contributed by atoms with Crippen molar-refractivity contribution in [2.45, 2.75) is 38.8 Å². The second kappa shape index (κ2) is 15.8. The van der Waals surface area contributed by atoms with Crippen molar-refractivity contribution in [1.29, 1.82) is 0 Å². The number of hydrogen-bond acceptors (Lipinski definition) is 6. The third-order valence-electron chi connectivity index (χ3n) is 8.42. The smallest absolute Gasteiger partial charge is 0.338 e. The van der Waals surface area contributed by atoms with Gasteiger partial charge in [-0.2, -0.15) is 0 Å². The minimum absolute atomic E-state index is 0.107. The van der Waals surface area contributed by atoms with Crippen LogP contribution in [0.2, 0.25) is 0 Å². The third-order valence-corrected chi connectivity index (χ3v) is 8.42. The van der Waals surface area contributed by atoms with Crippen molar-refractivity contribution in [3.63, 3.8) is 0 Å². The predicted molar refractivity (Wildman–Crippen MR) is 181 cm³/mol. The van der Waals surface area contributed by atoms with E-state index in [4.69, 9.17) is 14.2 Å². The highest BCUT2D eigenvalue weighted by Crippen LogP contribution is 2.45. The molecule has 2 atom stereocenters. The van der Waals surface area contributed by atoms with Crippen molar-refractivity contribution in [2.75, 3.05) is 32.7 Å². The molecule has 0 saturated heterocycles. The Balaban J connectivity index is 1.44. The number of urea groups is 1. The Labute approximate surface area is 275 Å². The van der Waals surface area contributed by atoms with E-state index in [0.29, 0.717) is 29.3 Å². The van der Waals surface area contributed by atoms with Gasteiger partial charge in [0.25, 0.3) is 0 Å². The lowest BCUT2D eigenvalue weighted by atomic mass is 9.75. The van der Waals surface area contributed by atoms with Gasteiger partial charge in [0, 0.05) is 12.2 Å². The molecule has 0 saturated carbocycles. The van der Waals surface area contributed by atoms with Gasteiger partial charge in [0.05, 0.1) is 39.0 Å². The highest BCUT2D eigenvalue weighted by atomic mass is 16.5. The average Bonchev–Trinajstić information content (AvgIpc) is 3.10. The molecule has 2 N–H and O–H groups in total. The molecule has 0 radical (unpaired) electrons. The van der Waals surface area contributed by atoms with Crippen molar-refractivity contribution in [1.82, 2.24) is 10.2 Å². The zero-order valence-corrected chi connectivity index (χ0v) is 27.0. The summed E-state index contributed by atoms with van der Waals surface area (Å²) in [5, 5.41) is 5.47. The van der Waals surface area contributed by atoms with Crippen LogP contribution in [0.5, 0.6) is 11.5 Å². The Morgan fingerprint density at radius 1 is 0.830 bits per heavy atom. The zero-order valence-electron chi connectivity index (χ0n) is 27.0. The van der Waals surface area contributed by atoms with Gasteiger partial charge >= 0.3 is 12.0 Å². The molecule has 3 amide bonds. The second-order valence-corrected chi connectivity index (χ2v) is 11.5. The van der Waals surface area contributed by atoms with Gasteiger partial charge in [-0.1, -0.05) is 66.7 Å². The number of amides is 3. The molecule has 1 aliphatic rings. The summed E-state index contributed by atoms with van der Waals surface area (Å²) in [4.78, 5) is 41.3. The first kappa shape index (κ1) is 33.1. The van der Waals surface area contributed by atoms with E-state index in [2.05, 4.69) is 22.8 Å².